The first-order chi connectivity index (χ1) is 15.3. The van der Waals surface area contributed by atoms with E-state index in [9.17, 15) is 27.2 Å². The molecule has 1 amide bonds. The molecule has 6 nitrogen and oxygen atoms in total. The molecule has 1 N–H and O–H groups in total. The lowest BCUT2D eigenvalue weighted by molar-refractivity contribution is -0.116. The van der Waals surface area contributed by atoms with E-state index in [1.165, 1.54) is 23.1 Å². The standard InChI is InChI=1S/C22H19F4N3O3/c23-13-9-16(25)21(17(26)10-13)29-7-5-22(6-8-29,27-12-30)11-32-18-3-2-15(24)20-14(18)1-4-19(31)28-20/h2-3,9-10H,1,4-8,11H2,(H,28,31). The number of piperidine rings is 1. The third-order valence-corrected chi connectivity index (χ3v) is 5.86. The average Bonchev–Trinajstić information content (AvgIpc) is 2.74. The first-order valence-electron chi connectivity index (χ1n) is 10.0. The highest BCUT2D eigenvalue weighted by atomic mass is 19.1. The van der Waals surface area contributed by atoms with Gasteiger partial charge in [0.1, 0.15) is 35.2 Å². The molecule has 2 aliphatic rings. The number of ether oxygens (including phenoxy) is 1. The Hall–Kier alpha value is -3.39. The summed E-state index contributed by atoms with van der Waals surface area (Å²) in [6, 6.07) is 3.85. The van der Waals surface area contributed by atoms with Crippen molar-refractivity contribution in [3.8, 4) is 5.75 Å². The third-order valence-electron chi connectivity index (χ3n) is 5.86. The number of carbonyl (C=O) groups excluding carboxylic acids is 2. The maximum Gasteiger partial charge on any atom is 0.235 e. The molecule has 2 aromatic rings. The number of hydrogen-bond acceptors (Lipinski definition) is 5. The number of nitrogens with zero attached hydrogens (tertiary/aromatic N) is 2. The van der Waals surface area contributed by atoms with Crippen molar-refractivity contribution < 1.29 is 31.9 Å². The summed E-state index contributed by atoms with van der Waals surface area (Å²) in [5.74, 6) is -3.52. The largest absolute Gasteiger partial charge is 0.491 e. The SMILES string of the molecule is O=C=NC1(COc2ccc(F)c3c2CCC(=O)N3)CCN(c2c(F)cc(F)cc2F)CC1. The zero-order chi connectivity index (χ0) is 22.9. The Bertz CT molecular complexity index is 1090. The number of rotatable bonds is 5. The van der Waals surface area contributed by atoms with Crippen LogP contribution in [-0.4, -0.2) is 37.2 Å². The zero-order valence-corrected chi connectivity index (χ0v) is 16.9. The summed E-state index contributed by atoms with van der Waals surface area (Å²) in [5.41, 5.74) is -0.740. The van der Waals surface area contributed by atoms with Crippen LogP contribution in [0, 0.1) is 23.3 Å². The van der Waals surface area contributed by atoms with Crippen molar-refractivity contribution in [1.29, 1.82) is 0 Å². The second-order valence-corrected chi connectivity index (χ2v) is 7.87. The van der Waals surface area contributed by atoms with Gasteiger partial charge >= 0.3 is 0 Å². The summed E-state index contributed by atoms with van der Waals surface area (Å²) >= 11 is 0. The molecule has 0 unspecified atom stereocenters. The van der Waals surface area contributed by atoms with E-state index >= 15 is 0 Å². The Morgan fingerprint density at radius 1 is 1.06 bits per heavy atom. The molecule has 1 fully saturated rings. The number of aliphatic imine (C=N–C) groups is 1. The molecule has 0 aliphatic carbocycles. The first-order valence-corrected chi connectivity index (χ1v) is 10.0. The maximum absolute atomic E-state index is 14.1. The van der Waals surface area contributed by atoms with Gasteiger partial charge in [0.25, 0.3) is 0 Å². The van der Waals surface area contributed by atoms with E-state index in [1.54, 1.807) is 0 Å². The number of nitrogens with one attached hydrogen (secondary N) is 1. The molecule has 0 bridgehead atoms. The third kappa shape index (κ3) is 4.18. The number of hydrogen-bond donors (Lipinski definition) is 1. The molecule has 32 heavy (non-hydrogen) atoms. The van der Waals surface area contributed by atoms with E-state index in [-0.39, 0.29) is 56.2 Å². The molecule has 4 rings (SSSR count). The molecule has 2 aromatic carbocycles. The fraction of sp³-hybridized carbons (Fsp3) is 0.364. The lowest BCUT2D eigenvalue weighted by Crippen LogP contribution is -2.47. The topological polar surface area (TPSA) is 71.0 Å². The maximum atomic E-state index is 14.1. The molecule has 0 atom stereocenters. The van der Waals surface area contributed by atoms with Crippen LogP contribution in [0.5, 0.6) is 5.75 Å². The van der Waals surface area contributed by atoms with E-state index in [0.29, 0.717) is 29.9 Å². The van der Waals surface area contributed by atoms with Gasteiger partial charge in [-0.15, -0.1) is 0 Å². The van der Waals surface area contributed by atoms with E-state index in [2.05, 4.69) is 10.3 Å². The minimum atomic E-state index is -1.01. The van der Waals surface area contributed by atoms with Crippen molar-refractivity contribution >= 4 is 23.4 Å². The number of amides is 1. The van der Waals surface area contributed by atoms with Gasteiger partial charge in [-0.05, 0) is 31.4 Å². The minimum Gasteiger partial charge on any atom is -0.491 e. The highest BCUT2D eigenvalue weighted by molar-refractivity contribution is 5.94. The Morgan fingerprint density at radius 2 is 1.75 bits per heavy atom. The fourth-order valence-electron chi connectivity index (χ4n) is 4.14. The molecule has 0 spiro atoms. The van der Waals surface area contributed by atoms with Crippen molar-refractivity contribution in [3.05, 3.63) is 53.1 Å². The summed E-state index contributed by atoms with van der Waals surface area (Å²) in [6.07, 6.45) is 2.47. The van der Waals surface area contributed by atoms with Gasteiger partial charge in [0.15, 0.2) is 11.6 Å². The van der Waals surface area contributed by atoms with Crippen LogP contribution in [0.4, 0.5) is 28.9 Å². The Morgan fingerprint density at radius 3 is 2.41 bits per heavy atom. The van der Waals surface area contributed by atoms with Crippen molar-refractivity contribution in [2.45, 2.75) is 31.2 Å². The number of benzene rings is 2. The second-order valence-electron chi connectivity index (χ2n) is 7.87. The lowest BCUT2D eigenvalue weighted by atomic mass is 9.88. The molecule has 2 heterocycles. The fourth-order valence-corrected chi connectivity index (χ4v) is 4.14. The summed E-state index contributed by atoms with van der Waals surface area (Å²) in [4.78, 5) is 28.0. The van der Waals surface area contributed by atoms with Gasteiger partial charge in [-0.25, -0.2) is 22.4 Å². The molecule has 0 aromatic heterocycles. The number of carbonyl (C=O) groups is 1. The predicted molar refractivity (Wildman–Crippen MR) is 107 cm³/mol. The van der Waals surface area contributed by atoms with Gasteiger partial charge < -0.3 is 15.0 Å². The molecule has 10 heteroatoms. The zero-order valence-electron chi connectivity index (χ0n) is 16.9. The second kappa shape index (κ2) is 8.63. The quantitative estimate of drug-likeness (QED) is 0.427. The Labute approximate surface area is 180 Å². The summed E-state index contributed by atoms with van der Waals surface area (Å²) in [6.45, 7) is 0.244. The number of isocyanates is 1. The van der Waals surface area contributed by atoms with E-state index in [0.717, 1.165) is 0 Å². The van der Waals surface area contributed by atoms with Crippen LogP contribution in [-0.2, 0) is 16.0 Å². The van der Waals surface area contributed by atoms with E-state index < -0.39 is 28.8 Å². The first kappa shape index (κ1) is 21.8. The van der Waals surface area contributed by atoms with Gasteiger partial charge in [-0.2, -0.15) is 4.99 Å². The van der Waals surface area contributed by atoms with E-state index in [1.807, 2.05) is 0 Å². The van der Waals surface area contributed by atoms with Crippen molar-refractivity contribution in [2.24, 2.45) is 4.99 Å². The predicted octanol–water partition coefficient (Wildman–Crippen LogP) is 3.88. The molecule has 168 valence electrons. The van der Waals surface area contributed by atoms with Crippen LogP contribution in [0.15, 0.2) is 29.3 Å². The summed E-state index contributed by atoms with van der Waals surface area (Å²) < 4.78 is 61.4. The van der Waals surface area contributed by atoms with Gasteiger partial charge in [-0.3, -0.25) is 4.79 Å². The highest BCUT2D eigenvalue weighted by Crippen LogP contribution is 2.36. The van der Waals surface area contributed by atoms with Crippen LogP contribution in [0.1, 0.15) is 24.8 Å². The van der Waals surface area contributed by atoms with Crippen molar-refractivity contribution in [1.82, 2.24) is 0 Å². The molecule has 1 saturated heterocycles. The lowest BCUT2D eigenvalue weighted by Gasteiger charge is -2.39. The van der Waals surface area contributed by atoms with Crippen LogP contribution in [0.25, 0.3) is 0 Å². The van der Waals surface area contributed by atoms with Crippen molar-refractivity contribution in [2.75, 3.05) is 29.9 Å². The molecule has 0 saturated carbocycles. The van der Waals surface area contributed by atoms with Gasteiger partial charge in [-0.1, -0.05) is 0 Å². The number of halogens is 4. The Kier molecular flexibility index (Phi) is 5.88. The molecular weight excluding hydrogens is 430 g/mol. The van der Waals surface area contributed by atoms with Crippen LogP contribution in [0.2, 0.25) is 0 Å². The Balaban J connectivity index is 1.51. The van der Waals surface area contributed by atoms with Gasteiger partial charge in [0.2, 0.25) is 12.0 Å². The van der Waals surface area contributed by atoms with Crippen LogP contribution in [0.3, 0.4) is 0 Å². The normalized spacial score (nSPS) is 17.2. The van der Waals surface area contributed by atoms with Crippen molar-refractivity contribution in [3.63, 3.8) is 0 Å². The average molecular weight is 449 g/mol. The smallest absolute Gasteiger partial charge is 0.235 e. The van der Waals surface area contributed by atoms with Gasteiger partial charge in [0, 0.05) is 37.2 Å². The molecular formula is C22H19F4N3O3. The molecule has 2 aliphatic heterocycles. The van der Waals surface area contributed by atoms with Crippen LogP contribution >= 0.6 is 0 Å². The van der Waals surface area contributed by atoms with Gasteiger partial charge in [0.05, 0.1) is 5.69 Å². The van der Waals surface area contributed by atoms with E-state index in [4.69, 9.17) is 4.74 Å². The summed E-state index contributed by atoms with van der Waals surface area (Å²) in [5, 5.41) is 2.50. The van der Waals surface area contributed by atoms with Crippen LogP contribution < -0.4 is 15.0 Å². The highest BCUT2D eigenvalue weighted by Gasteiger charge is 2.37. The number of anilines is 2. The monoisotopic (exact) mass is 449 g/mol. The summed E-state index contributed by atoms with van der Waals surface area (Å²) in [7, 11) is 0. The molecule has 0 radical (unpaired) electrons. The minimum absolute atomic E-state index is 0.0452. The number of fused-ring (bicyclic) bond motifs is 1.